The molecule has 4 nitrogen and oxygen atoms in total. The van der Waals surface area contributed by atoms with E-state index < -0.39 is 22.0 Å². The van der Waals surface area contributed by atoms with Crippen molar-refractivity contribution in [3.63, 3.8) is 0 Å². The van der Waals surface area contributed by atoms with Gasteiger partial charge >= 0.3 is 5.97 Å². The molecule has 0 amide bonds. The molecule has 0 aliphatic heterocycles. The lowest BCUT2D eigenvalue weighted by Gasteiger charge is -2.08. The number of hydrogen-bond acceptors (Lipinski definition) is 3. The number of methoxy groups -OCH3 is 1. The molecule has 0 fully saturated rings. The summed E-state index contributed by atoms with van der Waals surface area (Å²) in [5, 5.41) is 8.02. The van der Waals surface area contributed by atoms with Crippen LogP contribution in [-0.2, 0) is 20.3 Å². The van der Waals surface area contributed by atoms with Crippen molar-refractivity contribution in [1.29, 1.82) is 0 Å². The molecule has 2 atom stereocenters. The van der Waals surface area contributed by atoms with Crippen LogP contribution in [0.3, 0.4) is 0 Å². The Balaban J connectivity index is 3.76. The zero-order valence-electron chi connectivity index (χ0n) is 8.69. The van der Waals surface area contributed by atoms with E-state index in [1.807, 2.05) is 0 Å². The van der Waals surface area contributed by atoms with Gasteiger partial charge < -0.3 is 9.84 Å². The van der Waals surface area contributed by atoms with Gasteiger partial charge in [0.15, 0.2) is 0 Å². The Morgan fingerprint density at radius 2 is 2.14 bits per heavy atom. The van der Waals surface area contributed by atoms with Crippen LogP contribution < -0.4 is 0 Å². The van der Waals surface area contributed by atoms with E-state index in [2.05, 4.69) is 0 Å². The molecular formula is C9H18O4S. The van der Waals surface area contributed by atoms with Gasteiger partial charge in [-0.2, -0.15) is 0 Å². The molecule has 0 aliphatic rings. The van der Waals surface area contributed by atoms with E-state index in [4.69, 9.17) is 9.84 Å². The van der Waals surface area contributed by atoms with E-state index in [0.29, 0.717) is 18.8 Å². The van der Waals surface area contributed by atoms with Crippen molar-refractivity contribution in [2.75, 3.05) is 19.5 Å². The molecular weight excluding hydrogens is 204 g/mol. The average molecular weight is 222 g/mol. The molecule has 5 heteroatoms. The summed E-state index contributed by atoms with van der Waals surface area (Å²) in [5.41, 5.74) is 0. The van der Waals surface area contributed by atoms with Crippen molar-refractivity contribution >= 4 is 16.8 Å². The third kappa shape index (κ3) is 5.34. The first-order chi connectivity index (χ1) is 6.63. The summed E-state index contributed by atoms with van der Waals surface area (Å²) in [7, 11) is 0.368. The largest absolute Gasteiger partial charge is 0.480 e. The van der Waals surface area contributed by atoms with Crippen LogP contribution in [0.4, 0.5) is 0 Å². The molecule has 0 aromatic rings. The molecule has 84 valence electrons. The second-order valence-electron chi connectivity index (χ2n) is 3.02. The highest BCUT2D eigenvalue weighted by molar-refractivity contribution is 7.86. The minimum atomic E-state index is -1.25. The molecule has 14 heavy (non-hydrogen) atoms. The quantitative estimate of drug-likeness (QED) is 0.623. The molecule has 0 aromatic heterocycles. The highest BCUT2D eigenvalue weighted by Crippen LogP contribution is 2.05. The van der Waals surface area contributed by atoms with Crippen LogP contribution in [0.5, 0.6) is 0 Å². The van der Waals surface area contributed by atoms with Gasteiger partial charge in [0.1, 0.15) is 5.25 Å². The molecule has 0 heterocycles. The average Bonchev–Trinajstić information content (AvgIpc) is 2.13. The first-order valence-corrected chi connectivity index (χ1v) is 6.10. The van der Waals surface area contributed by atoms with Crippen molar-refractivity contribution < 1.29 is 18.8 Å². The predicted octanol–water partition coefficient (Wildman–Crippen LogP) is 1.02. The van der Waals surface area contributed by atoms with Crippen LogP contribution in [0, 0.1) is 0 Å². The summed E-state index contributed by atoms with van der Waals surface area (Å²) >= 11 is 0. The first kappa shape index (κ1) is 13.6. The van der Waals surface area contributed by atoms with Crippen molar-refractivity contribution in [1.82, 2.24) is 0 Å². The maximum Gasteiger partial charge on any atom is 0.319 e. The molecule has 1 N–H and O–H groups in total. The van der Waals surface area contributed by atoms with Gasteiger partial charge in [0.05, 0.1) is 0 Å². The van der Waals surface area contributed by atoms with Gasteiger partial charge in [0, 0.05) is 30.3 Å². The summed E-state index contributed by atoms with van der Waals surface area (Å²) in [6.07, 6.45) is 2.01. The summed E-state index contributed by atoms with van der Waals surface area (Å²) in [5.74, 6) is -0.508. The van der Waals surface area contributed by atoms with Crippen LogP contribution in [0.25, 0.3) is 0 Å². The van der Waals surface area contributed by atoms with Gasteiger partial charge in [-0.3, -0.25) is 9.00 Å². The Bertz CT molecular complexity index is 193. The number of carbonyl (C=O) groups is 1. The van der Waals surface area contributed by atoms with E-state index in [1.165, 1.54) is 0 Å². The van der Waals surface area contributed by atoms with E-state index in [9.17, 15) is 9.00 Å². The molecule has 2 unspecified atom stereocenters. The predicted molar refractivity (Wildman–Crippen MR) is 55.8 cm³/mol. The van der Waals surface area contributed by atoms with Crippen LogP contribution in [0.15, 0.2) is 0 Å². The van der Waals surface area contributed by atoms with Crippen molar-refractivity contribution in [3.8, 4) is 0 Å². The van der Waals surface area contributed by atoms with Gasteiger partial charge in [-0.1, -0.05) is 6.92 Å². The molecule has 0 aromatic carbocycles. The van der Waals surface area contributed by atoms with Crippen LogP contribution in [-0.4, -0.2) is 40.0 Å². The second kappa shape index (κ2) is 7.94. The molecule has 0 bridgehead atoms. The second-order valence-corrected chi connectivity index (χ2v) is 4.76. The molecule has 0 saturated heterocycles. The number of carboxylic acids is 1. The van der Waals surface area contributed by atoms with Crippen molar-refractivity contribution in [2.45, 2.75) is 31.4 Å². The number of hydrogen-bond donors (Lipinski definition) is 1. The maximum atomic E-state index is 11.5. The minimum absolute atomic E-state index is 0.423. The zero-order valence-corrected chi connectivity index (χ0v) is 9.51. The normalized spacial score (nSPS) is 15.0. The number of ether oxygens (including phenoxy) is 1. The number of rotatable bonds is 8. The van der Waals surface area contributed by atoms with Crippen LogP contribution >= 0.6 is 0 Å². The Hall–Kier alpha value is -0.420. The molecule has 0 saturated carbocycles. The third-order valence-electron chi connectivity index (χ3n) is 1.91. The third-order valence-corrected chi connectivity index (χ3v) is 3.77. The van der Waals surface area contributed by atoms with E-state index in [-0.39, 0.29) is 0 Å². The minimum Gasteiger partial charge on any atom is -0.480 e. The van der Waals surface area contributed by atoms with Gasteiger partial charge in [-0.05, 0) is 19.3 Å². The fraction of sp³-hybridized carbons (Fsp3) is 0.889. The van der Waals surface area contributed by atoms with Gasteiger partial charge in [-0.25, -0.2) is 0 Å². The van der Waals surface area contributed by atoms with Crippen LogP contribution in [0.2, 0.25) is 0 Å². The molecule has 0 rings (SSSR count). The molecule has 0 spiro atoms. The Morgan fingerprint density at radius 1 is 1.50 bits per heavy atom. The Kier molecular flexibility index (Phi) is 7.70. The number of carboxylic acid groups (broad SMARTS) is 1. The van der Waals surface area contributed by atoms with Gasteiger partial charge in [0.25, 0.3) is 0 Å². The van der Waals surface area contributed by atoms with E-state index in [0.717, 1.165) is 12.8 Å². The Morgan fingerprint density at radius 3 is 2.57 bits per heavy atom. The molecule has 0 radical (unpaired) electrons. The standard InChI is InChI=1S/C9H18O4S/c1-3-8(9(10)11)14(12)7-5-4-6-13-2/h8H,3-7H2,1-2H3,(H,10,11). The van der Waals surface area contributed by atoms with Crippen LogP contribution in [0.1, 0.15) is 26.2 Å². The maximum absolute atomic E-state index is 11.5. The highest BCUT2D eigenvalue weighted by atomic mass is 32.2. The van der Waals surface area contributed by atoms with E-state index >= 15 is 0 Å². The summed E-state index contributed by atoms with van der Waals surface area (Å²) < 4.78 is 16.3. The van der Waals surface area contributed by atoms with Gasteiger partial charge in [-0.15, -0.1) is 0 Å². The van der Waals surface area contributed by atoms with Crippen molar-refractivity contribution in [2.24, 2.45) is 0 Å². The topological polar surface area (TPSA) is 63.6 Å². The van der Waals surface area contributed by atoms with E-state index in [1.54, 1.807) is 14.0 Å². The number of aliphatic carboxylic acids is 1. The fourth-order valence-electron chi connectivity index (χ4n) is 1.11. The fourth-order valence-corrected chi connectivity index (χ4v) is 2.48. The van der Waals surface area contributed by atoms with Crippen molar-refractivity contribution in [3.05, 3.63) is 0 Å². The van der Waals surface area contributed by atoms with Gasteiger partial charge in [0.2, 0.25) is 0 Å². The smallest absolute Gasteiger partial charge is 0.319 e. The zero-order chi connectivity index (χ0) is 11.0. The summed E-state index contributed by atoms with van der Waals surface area (Å²) in [6, 6.07) is 0. The first-order valence-electron chi connectivity index (χ1n) is 4.72. The SMILES string of the molecule is CCC(C(=O)O)S(=O)CCCCOC. The summed E-state index contributed by atoms with van der Waals surface area (Å²) in [4.78, 5) is 10.6. The Labute approximate surface area is 87.1 Å². The number of unbranched alkanes of at least 4 members (excludes halogenated alkanes) is 1. The monoisotopic (exact) mass is 222 g/mol. The lowest BCUT2D eigenvalue weighted by molar-refractivity contribution is -0.136. The lowest BCUT2D eigenvalue weighted by atomic mass is 10.3. The molecule has 0 aliphatic carbocycles. The summed E-state index contributed by atoms with van der Waals surface area (Å²) in [6.45, 7) is 2.38. The lowest BCUT2D eigenvalue weighted by Crippen LogP contribution is -2.26. The highest BCUT2D eigenvalue weighted by Gasteiger charge is 2.21.